The summed E-state index contributed by atoms with van der Waals surface area (Å²) < 4.78 is 6.11. The third kappa shape index (κ3) is 1.65. The number of nitrogens with one attached hydrogen (secondary N) is 2. The molecule has 1 fully saturated rings. The van der Waals surface area contributed by atoms with Crippen molar-refractivity contribution in [3.8, 4) is 5.75 Å². The van der Waals surface area contributed by atoms with E-state index in [4.69, 9.17) is 4.74 Å². The number of anilines is 1. The van der Waals surface area contributed by atoms with Crippen molar-refractivity contribution >= 4 is 5.69 Å². The van der Waals surface area contributed by atoms with Crippen LogP contribution in [0.5, 0.6) is 5.75 Å². The van der Waals surface area contributed by atoms with Crippen molar-refractivity contribution in [2.75, 3.05) is 25.0 Å². The summed E-state index contributed by atoms with van der Waals surface area (Å²) in [4.78, 5) is 0. The molecule has 0 radical (unpaired) electrons. The Morgan fingerprint density at radius 1 is 1.31 bits per heavy atom. The molecule has 3 heteroatoms. The van der Waals surface area contributed by atoms with Crippen LogP contribution in [-0.2, 0) is 6.42 Å². The molecule has 0 aromatic heterocycles. The molecule has 1 saturated heterocycles. The largest absolute Gasteiger partial charge is 0.483 e. The molecule has 0 atom stereocenters. The van der Waals surface area contributed by atoms with Gasteiger partial charge in [0.05, 0.1) is 5.69 Å². The molecule has 86 valence electrons. The molecule has 0 unspecified atom stereocenters. The third-order valence-corrected chi connectivity index (χ3v) is 3.39. The summed E-state index contributed by atoms with van der Waals surface area (Å²) in [7, 11) is 0. The summed E-state index contributed by atoms with van der Waals surface area (Å²) in [5.74, 6) is 1.02. The Morgan fingerprint density at radius 2 is 2.19 bits per heavy atom. The van der Waals surface area contributed by atoms with E-state index in [1.165, 1.54) is 17.7 Å². The van der Waals surface area contributed by atoms with Crippen LogP contribution in [0, 0.1) is 0 Å². The summed E-state index contributed by atoms with van der Waals surface area (Å²) >= 11 is 0. The van der Waals surface area contributed by atoms with Crippen LogP contribution in [0.1, 0.15) is 18.9 Å². The molecule has 1 aromatic rings. The highest BCUT2D eigenvalue weighted by atomic mass is 16.5. The highest BCUT2D eigenvalue weighted by molar-refractivity contribution is 5.63. The minimum Gasteiger partial charge on any atom is -0.483 e. The normalized spacial score (nSPS) is 21.6. The van der Waals surface area contributed by atoms with Gasteiger partial charge in [0.1, 0.15) is 11.4 Å². The SMILES string of the molecule is CC1(Oc2cccc3c2NCCC3)CNC1. The molecule has 2 heterocycles. The lowest BCUT2D eigenvalue weighted by molar-refractivity contribution is 0.0354. The second-order valence-electron chi connectivity index (χ2n) is 4.98. The molecule has 1 aromatic carbocycles. The standard InChI is InChI=1S/C13H18N2O/c1-13(8-14-9-13)16-11-6-2-4-10-5-3-7-15-12(10)11/h2,4,6,14-15H,3,5,7-9H2,1H3. The highest BCUT2D eigenvalue weighted by Crippen LogP contribution is 2.34. The van der Waals surface area contributed by atoms with Gasteiger partial charge in [-0.05, 0) is 31.4 Å². The molecule has 2 aliphatic rings. The van der Waals surface area contributed by atoms with Crippen LogP contribution in [0.15, 0.2) is 18.2 Å². The fourth-order valence-corrected chi connectivity index (χ4v) is 2.38. The summed E-state index contributed by atoms with van der Waals surface area (Å²) in [6, 6.07) is 6.35. The average molecular weight is 218 g/mol. The van der Waals surface area contributed by atoms with Crippen LogP contribution in [0.4, 0.5) is 5.69 Å². The fraction of sp³-hybridized carbons (Fsp3) is 0.538. The molecule has 3 rings (SSSR count). The molecule has 0 spiro atoms. The second kappa shape index (κ2) is 3.67. The molecule has 2 aliphatic heterocycles. The van der Waals surface area contributed by atoms with Crippen LogP contribution >= 0.6 is 0 Å². The first-order valence-corrected chi connectivity index (χ1v) is 6.02. The van der Waals surface area contributed by atoms with E-state index in [0.29, 0.717) is 0 Å². The Hall–Kier alpha value is -1.22. The Labute approximate surface area is 96.2 Å². The number of hydrogen-bond donors (Lipinski definition) is 2. The van der Waals surface area contributed by atoms with Crippen molar-refractivity contribution in [3.05, 3.63) is 23.8 Å². The molecule has 0 aliphatic carbocycles. The molecule has 0 bridgehead atoms. The molecule has 16 heavy (non-hydrogen) atoms. The van der Waals surface area contributed by atoms with E-state index >= 15 is 0 Å². The smallest absolute Gasteiger partial charge is 0.143 e. The van der Waals surface area contributed by atoms with Crippen molar-refractivity contribution in [3.63, 3.8) is 0 Å². The maximum Gasteiger partial charge on any atom is 0.143 e. The third-order valence-electron chi connectivity index (χ3n) is 3.39. The summed E-state index contributed by atoms with van der Waals surface area (Å²) in [6.07, 6.45) is 2.38. The number of aryl methyl sites for hydroxylation is 1. The first-order chi connectivity index (χ1) is 7.77. The zero-order chi connectivity index (χ0) is 11.0. The van der Waals surface area contributed by atoms with Crippen LogP contribution < -0.4 is 15.4 Å². The predicted molar refractivity (Wildman–Crippen MR) is 65.2 cm³/mol. The van der Waals surface area contributed by atoms with Crippen LogP contribution in [0.2, 0.25) is 0 Å². The topological polar surface area (TPSA) is 33.3 Å². The second-order valence-corrected chi connectivity index (χ2v) is 4.98. The number of fused-ring (bicyclic) bond motifs is 1. The Morgan fingerprint density at radius 3 is 2.94 bits per heavy atom. The lowest BCUT2D eigenvalue weighted by Gasteiger charge is -2.40. The molecular weight excluding hydrogens is 200 g/mol. The van der Waals surface area contributed by atoms with Gasteiger partial charge in [-0.2, -0.15) is 0 Å². The fourth-order valence-electron chi connectivity index (χ4n) is 2.38. The monoisotopic (exact) mass is 218 g/mol. The van der Waals surface area contributed by atoms with Gasteiger partial charge in [0.15, 0.2) is 0 Å². The number of benzene rings is 1. The Bertz CT molecular complexity index is 399. The number of ether oxygens (including phenoxy) is 1. The van der Waals surface area contributed by atoms with Gasteiger partial charge < -0.3 is 15.4 Å². The average Bonchev–Trinajstić information content (AvgIpc) is 2.27. The highest BCUT2D eigenvalue weighted by Gasteiger charge is 2.34. The minimum atomic E-state index is -0.0196. The first kappa shape index (κ1) is 9.97. The van der Waals surface area contributed by atoms with Crippen LogP contribution in [-0.4, -0.2) is 25.2 Å². The van der Waals surface area contributed by atoms with Gasteiger partial charge in [0.25, 0.3) is 0 Å². The van der Waals surface area contributed by atoms with Gasteiger partial charge in [0, 0.05) is 19.6 Å². The summed E-state index contributed by atoms with van der Waals surface area (Å²) in [6.45, 7) is 5.10. The zero-order valence-electron chi connectivity index (χ0n) is 9.68. The predicted octanol–water partition coefficient (Wildman–Crippen LogP) is 1.79. The maximum atomic E-state index is 6.11. The zero-order valence-corrected chi connectivity index (χ0v) is 9.68. The molecular formula is C13H18N2O. The Balaban J connectivity index is 1.88. The van der Waals surface area contributed by atoms with E-state index < -0.39 is 0 Å². The van der Waals surface area contributed by atoms with Gasteiger partial charge >= 0.3 is 0 Å². The lowest BCUT2D eigenvalue weighted by Crippen LogP contribution is -2.61. The van der Waals surface area contributed by atoms with Crippen molar-refractivity contribution in [2.45, 2.75) is 25.4 Å². The van der Waals surface area contributed by atoms with Gasteiger partial charge in [-0.25, -0.2) is 0 Å². The van der Waals surface area contributed by atoms with E-state index in [1.54, 1.807) is 0 Å². The lowest BCUT2D eigenvalue weighted by atomic mass is 9.99. The molecule has 3 nitrogen and oxygen atoms in total. The number of para-hydroxylation sites is 1. The van der Waals surface area contributed by atoms with Crippen molar-refractivity contribution < 1.29 is 4.74 Å². The Kier molecular flexibility index (Phi) is 2.28. The molecule has 0 amide bonds. The summed E-state index contributed by atoms with van der Waals surface area (Å²) in [5, 5.41) is 6.71. The molecule has 2 N–H and O–H groups in total. The number of rotatable bonds is 2. The van der Waals surface area contributed by atoms with Gasteiger partial charge in [-0.15, -0.1) is 0 Å². The summed E-state index contributed by atoms with van der Waals surface area (Å²) in [5.41, 5.74) is 2.58. The van der Waals surface area contributed by atoms with Crippen LogP contribution in [0.3, 0.4) is 0 Å². The maximum absolute atomic E-state index is 6.11. The van der Waals surface area contributed by atoms with E-state index in [-0.39, 0.29) is 5.60 Å². The van der Waals surface area contributed by atoms with Gasteiger partial charge in [0.2, 0.25) is 0 Å². The van der Waals surface area contributed by atoms with E-state index in [9.17, 15) is 0 Å². The van der Waals surface area contributed by atoms with Gasteiger partial charge in [-0.3, -0.25) is 0 Å². The van der Waals surface area contributed by atoms with Crippen LogP contribution in [0.25, 0.3) is 0 Å². The number of hydrogen-bond acceptors (Lipinski definition) is 3. The van der Waals surface area contributed by atoms with Crippen molar-refractivity contribution in [1.82, 2.24) is 5.32 Å². The van der Waals surface area contributed by atoms with E-state index in [0.717, 1.165) is 31.8 Å². The minimum absolute atomic E-state index is 0.0196. The van der Waals surface area contributed by atoms with Gasteiger partial charge in [-0.1, -0.05) is 12.1 Å². The van der Waals surface area contributed by atoms with E-state index in [1.807, 2.05) is 0 Å². The van der Waals surface area contributed by atoms with Crippen molar-refractivity contribution in [1.29, 1.82) is 0 Å². The van der Waals surface area contributed by atoms with Crippen molar-refractivity contribution in [2.24, 2.45) is 0 Å². The van der Waals surface area contributed by atoms with E-state index in [2.05, 4.69) is 35.8 Å². The first-order valence-electron chi connectivity index (χ1n) is 6.02. The quantitative estimate of drug-likeness (QED) is 0.794. The molecule has 0 saturated carbocycles.